The second-order valence-corrected chi connectivity index (χ2v) is 6.34. The number of methoxy groups -OCH3 is 2. The maximum absolute atomic E-state index is 11.2. The van der Waals surface area contributed by atoms with E-state index in [0.717, 1.165) is 17.0 Å². The molecule has 4 rings (SSSR count). The van der Waals surface area contributed by atoms with E-state index < -0.39 is 4.92 Å². The molecule has 0 aromatic heterocycles. The Labute approximate surface area is 185 Å². The number of nitrogens with zero attached hydrogens (tertiary/aromatic N) is 4. The second-order valence-electron chi connectivity index (χ2n) is 6.34. The minimum atomic E-state index is -0.461. The van der Waals surface area contributed by atoms with E-state index in [0.29, 0.717) is 17.3 Å². The number of nitro benzene ring substituents is 1. The van der Waals surface area contributed by atoms with Crippen molar-refractivity contribution >= 4 is 35.3 Å². The number of benzene rings is 3. The Bertz CT molecular complexity index is 1090. The molecule has 3 aromatic carbocycles. The number of rotatable bonds is 6. The standard InChI is InChI=1S/C21H19N5O4.ClH/c1-29-18-11-8-16(9-12-18)24-22-21(15-6-4-3-5-7-15)23-25(24)19-13-10-17(26(27)28)14-20(19)30-2;/h3-14H,1-2H3,(H,22,23);1H. The van der Waals surface area contributed by atoms with Crippen molar-refractivity contribution in [2.75, 3.05) is 24.5 Å². The van der Waals surface area contributed by atoms with Crippen molar-refractivity contribution in [1.29, 1.82) is 0 Å². The van der Waals surface area contributed by atoms with Gasteiger partial charge in [-0.3, -0.25) is 15.5 Å². The van der Waals surface area contributed by atoms with E-state index in [-0.39, 0.29) is 18.1 Å². The fourth-order valence-electron chi connectivity index (χ4n) is 3.03. The first-order valence-corrected chi connectivity index (χ1v) is 9.08. The third kappa shape index (κ3) is 4.31. The van der Waals surface area contributed by atoms with E-state index in [1.54, 1.807) is 23.4 Å². The predicted molar refractivity (Wildman–Crippen MR) is 121 cm³/mol. The first kappa shape index (κ1) is 21.7. The Morgan fingerprint density at radius 1 is 0.968 bits per heavy atom. The van der Waals surface area contributed by atoms with Gasteiger partial charge in [0.05, 0.1) is 30.9 Å². The van der Waals surface area contributed by atoms with Gasteiger partial charge >= 0.3 is 0 Å². The number of nitrogens with one attached hydrogen (secondary N) is 1. The highest BCUT2D eigenvalue weighted by Gasteiger charge is 2.29. The van der Waals surface area contributed by atoms with Gasteiger partial charge in [0.25, 0.3) is 5.69 Å². The number of amidine groups is 1. The van der Waals surface area contributed by atoms with E-state index in [9.17, 15) is 10.1 Å². The summed E-state index contributed by atoms with van der Waals surface area (Å²) in [6, 6.07) is 21.5. The third-order valence-corrected chi connectivity index (χ3v) is 4.55. The Morgan fingerprint density at radius 2 is 1.68 bits per heavy atom. The molecule has 0 unspecified atom stereocenters. The first-order valence-electron chi connectivity index (χ1n) is 9.08. The fraction of sp³-hybridized carbons (Fsp3) is 0.0952. The summed E-state index contributed by atoms with van der Waals surface area (Å²) in [4.78, 5) is 10.7. The van der Waals surface area contributed by atoms with Crippen LogP contribution in [-0.2, 0) is 0 Å². The van der Waals surface area contributed by atoms with Gasteiger partial charge in [-0.05, 0) is 30.3 Å². The molecule has 1 aliphatic heterocycles. The van der Waals surface area contributed by atoms with Crippen molar-refractivity contribution in [2.45, 2.75) is 0 Å². The number of anilines is 2. The van der Waals surface area contributed by atoms with Gasteiger partial charge in [-0.25, -0.2) is 0 Å². The van der Waals surface area contributed by atoms with Crippen LogP contribution in [0.1, 0.15) is 5.56 Å². The summed E-state index contributed by atoms with van der Waals surface area (Å²) >= 11 is 0. The first-order chi connectivity index (χ1) is 14.6. The van der Waals surface area contributed by atoms with Crippen LogP contribution in [0.4, 0.5) is 17.1 Å². The van der Waals surface area contributed by atoms with Gasteiger partial charge in [0.2, 0.25) is 0 Å². The fourth-order valence-corrected chi connectivity index (χ4v) is 3.03. The molecule has 31 heavy (non-hydrogen) atoms. The van der Waals surface area contributed by atoms with Crippen molar-refractivity contribution in [3.8, 4) is 11.5 Å². The number of hydrazone groups is 1. The Kier molecular flexibility index (Phi) is 6.46. The average Bonchev–Trinajstić information content (AvgIpc) is 3.24. The molecule has 0 spiro atoms. The number of ether oxygens (including phenoxy) is 2. The molecule has 10 heteroatoms. The Morgan fingerprint density at radius 3 is 2.29 bits per heavy atom. The van der Waals surface area contributed by atoms with E-state index in [4.69, 9.17) is 14.6 Å². The van der Waals surface area contributed by atoms with Crippen LogP contribution in [0.3, 0.4) is 0 Å². The summed E-state index contributed by atoms with van der Waals surface area (Å²) in [5.41, 5.74) is 5.40. The zero-order chi connectivity index (χ0) is 21.1. The monoisotopic (exact) mass is 441 g/mol. The largest absolute Gasteiger partial charge is 0.497 e. The summed E-state index contributed by atoms with van der Waals surface area (Å²) in [5.74, 6) is 1.67. The lowest BCUT2D eigenvalue weighted by Gasteiger charge is -2.29. The molecule has 1 heterocycles. The van der Waals surface area contributed by atoms with E-state index in [1.807, 2.05) is 54.6 Å². The van der Waals surface area contributed by atoms with E-state index >= 15 is 0 Å². The number of hydrogen-bond donors (Lipinski definition) is 1. The van der Waals surface area contributed by atoms with Crippen molar-refractivity contribution in [1.82, 2.24) is 5.43 Å². The molecule has 0 bridgehead atoms. The van der Waals surface area contributed by atoms with Gasteiger partial charge in [0.15, 0.2) is 11.6 Å². The van der Waals surface area contributed by atoms with Crippen LogP contribution in [-0.4, -0.2) is 25.0 Å². The molecule has 0 fully saturated rings. The minimum absolute atomic E-state index is 0. The van der Waals surface area contributed by atoms with Crippen LogP contribution >= 0.6 is 12.4 Å². The summed E-state index contributed by atoms with van der Waals surface area (Å²) in [5, 5.41) is 19.2. The zero-order valence-electron chi connectivity index (χ0n) is 16.8. The predicted octanol–water partition coefficient (Wildman–Crippen LogP) is 4.14. The second kappa shape index (κ2) is 9.23. The molecule has 1 N–H and O–H groups in total. The molecule has 9 nitrogen and oxygen atoms in total. The van der Waals surface area contributed by atoms with Crippen LogP contribution in [0.15, 0.2) is 77.9 Å². The van der Waals surface area contributed by atoms with Crippen LogP contribution in [0.5, 0.6) is 11.5 Å². The molecule has 3 aromatic rings. The van der Waals surface area contributed by atoms with Crippen LogP contribution in [0, 0.1) is 10.1 Å². The number of hydrogen-bond acceptors (Lipinski definition) is 8. The summed E-state index contributed by atoms with van der Waals surface area (Å²) < 4.78 is 10.7. The van der Waals surface area contributed by atoms with Crippen molar-refractivity contribution in [3.05, 3.63) is 88.5 Å². The number of hydrazine groups is 2. The van der Waals surface area contributed by atoms with E-state index in [1.165, 1.54) is 19.2 Å². The molecule has 0 aliphatic carbocycles. The lowest BCUT2D eigenvalue weighted by Crippen LogP contribution is -2.44. The molecular formula is C21H20ClN5O4. The quantitative estimate of drug-likeness (QED) is 0.454. The lowest BCUT2D eigenvalue weighted by atomic mass is 10.2. The molecule has 0 radical (unpaired) electrons. The molecule has 1 aliphatic rings. The summed E-state index contributed by atoms with van der Waals surface area (Å²) in [6.07, 6.45) is 0. The summed E-state index contributed by atoms with van der Waals surface area (Å²) in [7, 11) is 3.07. The van der Waals surface area contributed by atoms with Crippen LogP contribution in [0.2, 0.25) is 0 Å². The van der Waals surface area contributed by atoms with E-state index in [2.05, 4.69) is 5.43 Å². The van der Waals surface area contributed by atoms with Gasteiger partial charge < -0.3 is 9.47 Å². The average molecular weight is 442 g/mol. The van der Waals surface area contributed by atoms with Gasteiger partial charge in [0.1, 0.15) is 11.4 Å². The molecule has 0 saturated heterocycles. The topological polar surface area (TPSA) is 92.5 Å². The molecule has 0 atom stereocenters. The highest BCUT2D eigenvalue weighted by molar-refractivity contribution is 6.02. The highest BCUT2D eigenvalue weighted by atomic mass is 35.5. The van der Waals surface area contributed by atoms with Gasteiger partial charge in [-0.1, -0.05) is 30.3 Å². The molecule has 160 valence electrons. The lowest BCUT2D eigenvalue weighted by molar-refractivity contribution is -0.384. The SMILES string of the molecule is COc1ccc(N2N=C(c3ccccc3)NN2c2ccc([N+](=O)[O-])cc2OC)cc1.Cl. The highest BCUT2D eigenvalue weighted by Crippen LogP contribution is 2.35. The van der Waals surface area contributed by atoms with Crippen LogP contribution in [0.25, 0.3) is 0 Å². The van der Waals surface area contributed by atoms with Crippen LogP contribution < -0.4 is 25.1 Å². The number of non-ortho nitro benzene ring substituents is 1. The van der Waals surface area contributed by atoms with Gasteiger partial charge in [-0.15, -0.1) is 17.5 Å². The normalized spacial score (nSPS) is 12.5. The number of halogens is 1. The van der Waals surface area contributed by atoms with Crippen molar-refractivity contribution in [2.24, 2.45) is 5.10 Å². The van der Waals surface area contributed by atoms with Gasteiger partial charge in [-0.2, -0.15) is 10.2 Å². The number of nitro groups is 1. The van der Waals surface area contributed by atoms with Crippen molar-refractivity contribution < 1.29 is 14.4 Å². The van der Waals surface area contributed by atoms with Gasteiger partial charge in [0, 0.05) is 11.6 Å². The Balaban J connectivity index is 0.00000272. The maximum Gasteiger partial charge on any atom is 0.273 e. The molecular weight excluding hydrogens is 422 g/mol. The molecule has 0 saturated carbocycles. The smallest absolute Gasteiger partial charge is 0.273 e. The third-order valence-electron chi connectivity index (χ3n) is 4.55. The Hall–Kier alpha value is -3.98. The zero-order valence-corrected chi connectivity index (χ0v) is 17.6. The summed E-state index contributed by atoms with van der Waals surface area (Å²) in [6.45, 7) is 0. The molecule has 0 amide bonds. The minimum Gasteiger partial charge on any atom is -0.497 e. The van der Waals surface area contributed by atoms with Crippen molar-refractivity contribution in [3.63, 3.8) is 0 Å². The maximum atomic E-state index is 11.2.